The van der Waals surface area contributed by atoms with Crippen molar-refractivity contribution < 1.29 is 14.7 Å². The summed E-state index contributed by atoms with van der Waals surface area (Å²) < 4.78 is 1.93. The fourth-order valence-corrected chi connectivity index (χ4v) is 4.75. The number of nitrogens with zero attached hydrogens (tertiary/aromatic N) is 3. The summed E-state index contributed by atoms with van der Waals surface area (Å²) in [5.41, 5.74) is 4.66. The molecule has 2 aromatic heterocycles. The molecular formula is C25H27N5O3. The normalized spacial score (nSPS) is 16.5. The summed E-state index contributed by atoms with van der Waals surface area (Å²) in [5, 5.41) is 15.7. The summed E-state index contributed by atoms with van der Waals surface area (Å²) in [6, 6.07) is 12.0. The van der Waals surface area contributed by atoms with Crippen molar-refractivity contribution in [1.29, 1.82) is 0 Å². The summed E-state index contributed by atoms with van der Waals surface area (Å²) in [5.74, 6) is 0.521. The van der Waals surface area contributed by atoms with Crippen LogP contribution in [0.2, 0.25) is 0 Å². The highest BCUT2D eigenvalue weighted by Crippen LogP contribution is 2.31. The number of rotatable bonds is 6. The molecule has 0 saturated heterocycles. The van der Waals surface area contributed by atoms with Crippen molar-refractivity contribution in [2.75, 3.05) is 18.4 Å². The van der Waals surface area contributed by atoms with E-state index < -0.39 is 5.97 Å². The number of anilines is 1. The fourth-order valence-electron chi connectivity index (χ4n) is 4.75. The molecule has 0 saturated carbocycles. The Bertz CT molecular complexity index is 1200. The van der Waals surface area contributed by atoms with Gasteiger partial charge in [0.05, 0.1) is 6.42 Å². The molecule has 0 aliphatic carbocycles. The molecule has 3 aromatic rings. The molecule has 2 aliphatic rings. The van der Waals surface area contributed by atoms with Crippen LogP contribution >= 0.6 is 0 Å². The molecule has 33 heavy (non-hydrogen) atoms. The maximum absolute atomic E-state index is 12.8. The molecule has 1 unspecified atom stereocenters. The van der Waals surface area contributed by atoms with Gasteiger partial charge in [-0.05, 0) is 35.6 Å². The monoisotopic (exact) mass is 445 g/mol. The third kappa shape index (κ3) is 4.60. The Labute approximate surface area is 192 Å². The van der Waals surface area contributed by atoms with E-state index >= 15 is 0 Å². The SMILES string of the molecule is O=C(O)CC1Cn2cc(C(=O)NCCc3ccc4c(n3)NCCC4)nc2Cc2ccccc21. The van der Waals surface area contributed by atoms with E-state index in [0.29, 0.717) is 31.6 Å². The van der Waals surface area contributed by atoms with Crippen LogP contribution in [0.15, 0.2) is 42.6 Å². The van der Waals surface area contributed by atoms with E-state index in [2.05, 4.69) is 26.7 Å². The number of amides is 1. The Hall–Kier alpha value is -3.68. The van der Waals surface area contributed by atoms with Crippen LogP contribution < -0.4 is 10.6 Å². The van der Waals surface area contributed by atoms with Crippen molar-refractivity contribution >= 4 is 17.7 Å². The van der Waals surface area contributed by atoms with Crippen molar-refractivity contribution in [3.05, 3.63) is 76.5 Å². The minimum atomic E-state index is -0.831. The molecule has 170 valence electrons. The number of carbonyl (C=O) groups excluding carboxylic acids is 1. The number of carboxylic acid groups (broad SMARTS) is 1. The molecule has 0 spiro atoms. The van der Waals surface area contributed by atoms with Crippen LogP contribution in [0.1, 0.15) is 57.5 Å². The highest BCUT2D eigenvalue weighted by atomic mass is 16.4. The van der Waals surface area contributed by atoms with Crippen LogP contribution in [-0.4, -0.2) is 44.6 Å². The molecule has 1 aromatic carbocycles. The summed E-state index contributed by atoms with van der Waals surface area (Å²) in [6.45, 7) is 1.91. The number of benzene rings is 1. The molecule has 1 atom stereocenters. The predicted molar refractivity (Wildman–Crippen MR) is 124 cm³/mol. The molecule has 3 N–H and O–H groups in total. The van der Waals surface area contributed by atoms with Gasteiger partial charge in [0, 0.05) is 50.3 Å². The van der Waals surface area contributed by atoms with Gasteiger partial charge < -0.3 is 20.3 Å². The van der Waals surface area contributed by atoms with Gasteiger partial charge >= 0.3 is 5.97 Å². The molecule has 0 bridgehead atoms. The first-order valence-corrected chi connectivity index (χ1v) is 11.4. The largest absolute Gasteiger partial charge is 0.481 e. The van der Waals surface area contributed by atoms with Crippen LogP contribution in [0.5, 0.6) is 0 Å². The zero-order valence-electron chi connectivity index (χ0n) is 18.4. The Morgan fingerprint density at radius 3 is 2.91 bits per heavy atom. The lowest BCUT2D eigenvalue weighted by Gasteiger charge is -2.17. The number of hydrogen-bond donors (Lipinski definition) is 3. The molecule has 8 nitrogen and oxygen atoms in total. The van der Waals surface area contributed by atoms with Crippen LogP contribution in [-0.2, 0) is 30.6 Å². The highest BCUT2D eigenvalue weighted by Gasteiger charge is 2.26. The lowest BCUT2D eigenvalue weighted by atomic mass is 9.91. The number of aromatic nitrogens is 3. The second-order valence-corrected chi connectivity index (χ2v) is 8.71. The Morgan fingerprint density at radius 2 is 2.03 bits per heavy atom. The van der Waals surface area contributed by atoms with Gasteiger partial charge in [0.2, 0.25) is 0 Å². The average Bonchev–Trinajstić information content (AvgIpc) is 3.14. The molecule has 2 aliphatic heterocycles. The van der Waals surface area contributed by atoms with Gasteiger partial charge in [-0.1, -0.05) is 30.3 Å². The van der Waals surface area contributed by atoms with Crippen LogP contribution in [0, 0.1) is 0 Å². The molecule has 8 heteroatoms. The zero-order valence-corrected chi connectivity index (χ0v) is 18.4. The first-order chi connectivity index (χ1) is 16.1. The Kier molecular flexibility index (Phi) is 5.81. The number of aliphatic carboxylic acids is 1. The highest BCUT2D eigenvalue weighted by molar-refractivity contribution is 5.92. The van der Waals surface area contributed by atoms with E-state index in [1.807, 2.05) is 34.9 Å². The van der Waals surface area contributed by atoms with Gasteiger partial charge in [-0.15, -0.1) is 0 Å². The van der Waals surface area contributed by atoms with E-state index in [1.54, 1.807) is 6.20 Å². The van der Waals surface area contributed by atoms with E-state index in [-0.39, 0.29) is 18.2 Å². The number of imidazole rings is 1. The summed E-state index contributed by atoms with van der Waals surface area (Å²) >= 11 is 0. The summed E-state index contributed by atoms with van der Waals surface area (Å²) in [7, 11) is 0. The topological polar surface area (TPSA) is 109 Å². The van der Waals surface area contributed by atoms with Crippen molar-refractivity contribution in [2.45, 2.75) is 44.6 Å². The van der Waals surface area contributed by atoms with Crippen molar-refractivity contribution in [2.24, 2.45) is 0 Å². The minimum absolute atomic E-state index is 0.0405. The molecular weight excluding hydrogens is 418 g/mol. The van der Waals surface area contributed by atoms with Crippen molar-refractivity contribution in [1.82, 2.24) is 19.9 Å². The zero-order chi connectivity index (χ0) is 22.8. The van der Waals surface area contributed by atoms with E-state index in [4.69, 9.17) is 0 Å². The number of aryl methyl sites for hydroxylation is 1. The minimum Gasteiger partial charge on any atom is -0.481 e. The van der Waals surface area contributed by atoms with Gasteiger partial charge in [0.1, 0.15) is 17.3 Å². The molecule has 4 heterocycles. The summed E-state index contributed by atoms with van der Waals surface area (Å²) in [6.07, 6.45) is 5.18. The lowest BCUT2D eigenvalue weighted by Crippen LogP contribution is -2.26. The third-order valence-electron chi connectivity index (χ3n) is 6.39. The van der Waals surface area contributed by atoms with E-state index in [9.17, 15) is 14.7 Å². The van der Waals surface area contributed by atoms with Crippen LogP contribution in [0.3, 0.4) is 0 Å². The second-order valence-electron chi connectivity index (χ2n) is 8.71. The second kappa shape index (κ2) is 9.05. The summed E-state index contributed by atoms with van der Waals surface area (Å²) in [4.78, 5) is 33.4. The number of nitrogens with one attached hydrogen (secondary N) is 2. The van der Waals surface area contributed by atoms with Crippen molar-refractivity contribution in [3.8, 4) is 0 Å². The third-order valence-corrected chi connectivity index (χ3v) is 6.39. The first kappa shape index (κ1) is 21.2. The average molecular weight is 446 g/mol. The van der Waals surface area contributed by atoms with Gasteiger partial charge in [0.25, 0.3) is 5.91 Å². The number of fused-ring (bicyclic) bond motifs is 3. The Morgan fingerprint density at radius 1 is 1.15 bits per heavy atom. The quantitative estimate of drug-likeness (QED) is 0.538. The molecule has 0 fully saturated rings. The number of carbonyl (C=O) groups is 2. The molecule has 5 rings (SSSR count). The van der Waals surface area contributed by atoms with Gasteiger partial charge in [0.15, 0.2) is 0 Å². The maximum Gasteiger partial charge on any atom is 0.304 e. The number of pyridine rings is 1. The molecule has 0 radical (unpaired) electrons. The Balaban J connectivity index is 1.26. The van der Waals surface area contributed by atoms with Crippen LogP contribution in [0.25, 0.3) is 0 Å². The van der Waals surface area contributed by atoms with Gasteiger partial charge in [-0.2, -0.15) is 0 Å². The van der Waals surface area contributed by atoms with Crippen molar-refractivity contribution in [3.63, 3.8) is 0 Å². The molecule has 1 amide bonds. The number of carboxylic acids is 1. The smallest absolute Gasteiger partial charge is 0.304 e. The van der Waals surface area contributed by atoms with Crippen LogP contribution in [0.4, 0.5) is 5.82 Å². The standard InChI is InChI=1S/C25H27N5O3/c31-23(32)13-18-14-30-15-21(29-22(30)12-17-4-1-2-6-20(17)18)25(33)27-11-9-19-8-7-16-5-3-10-26-24(16)28-19/h1-2,4,6-8,15,18H,3,5,9-14H2,(H,26,28)(H,27,33)(H,31,32). The lowest BCUT2D eigenvalue weighted by molar-refractivity contribution is -0.137. The predicted octanol–water partition coefficient (Wildman–Crippen LogP) is 2.77. The first-order valence-electron chi connectivity index (χ1n) is 11.4. The van der Waals surface area contributed by atoms with E-state index in [1.165, 1.54) is 5.56 Å². The number of hydrogen-bond acceptors (Lipinski definition) is 5. The van der Waals surface area contributed by atoms with Gasteiger partial charge in [-0.25, -0.2) is 9.97 Å². The fraction of sp³-hybridized carbons (Fsp3) is 0.360. The van der Waals surface area contributed by atoms with E-state index in [0.717, 1.165) is 47.8 Å². The van der Waals surface area contributed by atoms with Gasteiger partial charge in [-0.3, -0.25) is 9.59 Å². The maximum atomic E-state index is 12.8.